The molecule has 1 atom stereocenters. The van der Waals surface area contributed by atoms with Crippen LogP contribution in [-0.2, 0) is 21.4 Å². The Morgan fingerprint density at radius 3 is 2.76 bits per heavy atom. The van der Waals surface area contributed by atoms with E-state index in [4.69, 9.17) is 11.6 Å². The number of aromatic nitrogens is 2. The van der Waals surface area contributed by atoms with Gasteiger partial charge in [-0.25, -0.2) is 22.6 Å². The Balaban J connectivity index is 1.63. The number of hydrogen-bond donors (Lipinski definition) is 1. The van der Waals surface area contributed by atoms with E-state index in [1.807, 2.05) is 6.92 Å². The van der Waals surface area contributed by atoms with Gasteiger partial charge in [0.15, 0.2) is 0 Å². The van der Waals surface area contributed by atoms with Gasteiger partial charge in [0.1, 0.15) is 12.4 Å². The number of benzene rings is 2. The lowest BCUT2D eigenvalue weighted by molar-refractivity contribution is -0.116. The number of fused-ring (bicyclic) bond motifs is 1. The molecule has 1 aromatic heterocycles. The molecular formula is C22H22ClFN4O4S. The first-order valence-corrected chi connectivity index (χ1v) is 12.2. The fraction of sp³-hybridized carbons (Fsp3) is 0.318. The van der Waals surface area contributed by atoms with Crippen molar-refractivity contribution in [2.24, 2.45) is 0 Å². The number of piperidine rings is 1. The summed E-state index contributed by atoms with van der Waals surface area (Å²) in [5, 5.41) is 2.82. The molecule has 0 bridgehead atoms. The molecule has 0 radical (unpaired) electrons. The fourth-order valence-corrected chi connectivity index (χ4v) is 5.89. The Labute approximate surface area is 195 Å². The maximum Gasteiger partial charge on any atom is 0.348 e. The van der Waals surface area contributed by atoms with Gasteiger partial charge in [-0.05, 0) is 56.2 Å². The van der Waals surface area contributed by atoms with Crippen molar-refractivity contribution in [3.8, 4) is 0 Å². The Kier molecular flexibility index (Phi) is 6.51. The summed E-state index contributed by atoms with van der Waals surface area (Å²) in [6.07, 6.45) is 3.91. The first-order valence-electron chi connectivity index (χ1n) is 10.4. The molecule has 0 saturated carbocycles. The van der Waals surface area contributed by atoms with Crippen molar-refractivity contribution < 1.29 is 17.6 Å². The van der Waals surface area contributed by atoms with Gasteiger partial charge in [0, 0.05) is 29.9 Å². The molecule has 1 saturated heterocycles. The highest BCUT2D eigenvalue weighted by atomic mass is 35.5. The second-order valence-electron chi connectivity index (χ2n) is 7.99. The molecule has 2 heterocycles. The first-order chi connectivity index (χ1) is 15.7. The van der Waals surface area contributed by atoms with Gasteiger partial charge in [-0.2, -0.15) is 4.31 Å². The summed E-state index contributed by atoms with van der Waals surface area (Å²) in [6.45, 7) is 1.99. The predicted octanol–water partition coefficient (Wildman–Crippen LogP) is 3.39. The molecule has 33 heavy (non-hydrogen) atoms. The normalized spacial score (nSPS) is 17.2. The molecule has 1 aliphatic heterocycles. The van der Waals surface area contributed by atoms with Crippen molar-refractivity contribution in [3.05, 3.63) is 63.9 Å². The van der Waals surface area contributed by atoms with Crippen LogP contribution in [0.25, 0.3) is 10.9 Å². The van der Waals surface area contributed by atoms with Crippen LogP contribution in [0.3, 0.4) is 0 Å². The molecule has 174 valence electrons. The van der Waals surface area contributed by atoms with E-state index in [2.05, 4.69) is 10.3 Å². The minimum atomic E-state index is -3.70. The van der Waals surface area contributed by atoms with Crippen molar-refractivity contribution in [3.63, 3.8) is 0 Å². The number of nitrogens with one attached hydrogen (secondary N) is 1. The van der Waals surface area contributed by atoms with Crippen LogP contribution >= 0.6 is 11.6 Å². The van der Waals surface area contributed by atoms with Crippen molar-refractivity contribution in [1.82, 2.24) is 13.9 Å². The number of rotatable bonds is 5. The second-order valence-corrected chi connectivity index (χ2v) is 10.3. The largest absolute Gasteiger partial charge is 0.348 e. The fourth-order valence-electron chi connectivity index (χ4n) is 3.97. The minimum Gasteiger partial charge on any atom is -0.324 e. The molecule has 2 aromatic carbocycles. The third kappa shape index (κ3) is 4.78. The number of amides is 1. The number of hydrogen-bond acceptors (Lipinski definition) is 5. The first kappa shape index (κ1) is 23.3. The van der Waals surface area contributed by atoms with E-state index in [1.54, 1.807) is 0 Å². The van der Waals surface area contributed by atoms with Crippen LogP contribution < -0.4 is 11.0 Å². The van der Waals surface area contributed by atoms with Crippen molar-refractivity contribution >= 4 is 44.1 Å². The number of sulfonamides is 1. The molecule has 0 aliphatic carbocycles. The van der Waals surface area contributed by atoms with E-state index in [9.17, 15) is 22.4 Å². The van der Waals surface area contributed by atoms with Gasteiger partial charge in [-0.15, -0.1) is 0 Å². The molecule has 1 unspecified atom stereocenters. The van der Waals surface area contributed by atoms with Gasteiger partial charge < -0.3 is 5.32 Å². The average Bonchev–Trinajstić information content (AvgIpc) is 2.78. The number of anilines is 1. The van der Waals surface area contributed by atoms with Gasteiger partial charge >= 0.3 is 5.69 Å². The molecule has 11 heteroatoms. The summed E-state index contributed by atoms with van der Waals surface area (Å²) < 4.78 is 42.3. The van der Waals surface area contributed by atoms with Crippen molar-refractivity contribution in [1.29, 1.82) is 0 Å². The summed E-state index contributed by atoms with van der Waals surface area (Å²) >= 11 is 5.73. The zero-order valence-electron chi connectivity index (χ0n) is 17.8. The molecule has 8 nitrogen and oxygen atoms in total. The van der Waals surface area contributed by atoms with Gasteiger partial charge in [0.05, 0.1) is 15.4 Å². The lowest BCUT2D eigenvalue weighted by atomic mass is 10.1. The van der Waals surface area contributed by atoms with Gasteiger partial charge in [-0.3, -0.25) is 9.36 Å². The Morgan fingerprint density at radius 1 is 1.24 bits per heavy atom. The van der Waals surface area contributed by atoms with E-state index in [0.717, 1.165) is 29.9 Å². The standard InChI is InChI=1S/C22H22ClFN4O4S/c1-14-4-2-3-9-28(14)33(31,32)17-6-8-20-15(10-17)12-25-22(30)27(20)13-21(29)26-16-5-7-19(24)18(23)11-16/h5-8,10-12,14H,2-4,9,13H2,1H3,(H,26,29). The molecular weight excluding hydrogens is 471 g/mol. The number of carbonyl (C=O) groups excluding carboxylic acids is 1. The van der Waals surface area contributed by atoms with E-state index < -0.39 is 27.4 Å². The maximum absolute atomic E-state index is 13.3. The highest BCUT2D eigenvalue weighted by molar-refractivity contribution is 7.89. The molecule has 0 spiro atoms. The lowest BCUT2D eigenvalue weighted by Crippen LogP contribution is -2.41. The van der Waals surface area contributed by atoms with Crippen LogP contribution in [0.4, 0.5) is 10.1 Å². The molecule has 1 fully saturated rings. The Morgan fingerprint density at radius 2 is 2.03 bits per heavy atom. The third-order valence-electron chi connectivity index (χ3n) is 5.69. The minimum absolute atomic E-state index is 0.0878. The van der Waals surface area contributed by atoms with Crippen molar-refractivity contribution in [2.75, 3.05) is 11.9 Å². The number of carbonyl (C=O) groups is 1. The molecule has 1 aliphatic rings. The summed E-state index contributed by atoms with van der Waals surface area (Å²) in [6, 6.07) is 8.05. The number of halogens is 2. The predicted molar refractivity (Wildman–Crippen MR) is 123 cm³/mol. The van der Waals surface area contributed by atoms with Gasteiger partial charge in [0.25, 0.3) is 0 Å². The van der Waals surface area contributed by atoms with Crippen LogP contribution in [0, 0.1) is 5.82 Å². The monoisotopic (exact) mass is 492 g/mol. The highest BCUT2D eigenvalue weighted by Crippen LogP contribution is 2.27. The Hall–Kier alpha value is -2.82. The SMILES string of the molecule is CC1CCCCN1S(=O)(=O)c1ccc2c(cnc(=O)n2CC(=O)Nc2ccc(F)c(Cl)c2)c1. The lowest BCUT2D eigenvalue weighted by Gasteiger charge is -2.32. The molecule has 1 amide bonds. The number of nitrogens with zero attached hydrogens (tertiary/aromatic N) is 3. The molecule has 1 N–H and O–H groups in total. The van der Waals surface area contributed by atoms with E-state index >= 15 is 0 Å². The van der Waals surface area contributed by atoms with Crippen LogP contribution in [-0.4, -0.2) is 40.8 Å². The molecule has 4 rings (SSSR count). The van der Waals surface area contributed by atoms with Gasteiger partial charge in [0.2, 0.25) is 15.9 Å². The Bertz CT molecular complexity index is 1390. The smallest absolute Gasteiger partial charge is 0.324 e. The van der Waals surface area contributed by atoms with E-state index in [0.29, 0.717) is 17.4 Å². The van der Waals surface area contributed by atoms with E-state index in [-0.39, 0.29) is 28.2 Å². The van der Waals surface area contributed by atoms with Crippen LogP contribution in [0.2, 0.25) is 5.02 Å². The summed E-state index contributed by atoms with van der Waals surface area (Å²) in [7, 11) is -3.70. The molecule has 3 aromatic rings. The van der Waals surface area contributed by atoms with Gasteiger partial charge in [-0.1, -0.05) is 18.0 Å². The van der Waals surface area contributed by atoms with Crippen LogP contribution in [0.15, 0.2) is 52.3 Å². The zero-order valence-corrected chi connectivity index (χ0v) is 19.4. The second kappa shape index (κ2) is 9.20. The zero-order chi connectivity index (χ0) is 23.8. The summed E-state index contributed by atoms with van der Waals surface area (Å²) in [5.74, 6) is -1.17. The topological polar surface area (TPSA) is 101 Å². The highest BCUT2D eigenvalue weighted by Gasteiger charge is 2.31. The third-order valence-corrected chi connectivity index (χ3v) is 7.99. The average molecular weight is 493 g/mol. The van der Waals surface area contributed by atoms with Crippen molar-refractivity contribution in [2.45, 2.75) is 43.7 Å². The van der Waals surface area contributed by atoms with Crippen LogP contribution in [0.5, 0.6) is 0 Å². The quantitative estimate of drug-likeness (QED) is 0.588. The van der Waals surface area contributed by atoms with E-state index in [1.165, 1.54) is 40.8 Å². The summed E-state index contributed by atoms with van der Waals surface area (Å²) in [4.78, 5) is 28.8. The summed E-state index contributed by atoms with van der Waals surface area (Å²) in [5.41, 5.74) is -0.0142. The maximum atomic E-state index is 13.3. The van der Waals surface area contributed by atoms with Crippen LogP contribution in [0.1, 0.15) is 26.2 Å².